The van der Waals surface area contributed by atoms with Gasteiger partial charge in [0.2, 0.25) is 0 Å². The predicted molar refractivity (Wildman–Crippen MR) is 116 cm³/mol. The molecule has 0 bridgehead atoms. The van der Waals surface area contributed by atoms with Gasteiger partial charge in [-0.05, 0) is 44.2 Å². The molecule has 1 atom stereocenters. The lowest BCUT2D eigenvalue weighted by Crippen LogP contribution is -2.24. The summed E-state index contributed by atoms with van der Waals surface area (Å²) in [7, 11) is 0. The van der Waals surface area contributed by atoms with Gasteiger partial charge in [0.1, 0.15) is 16.3 Å². The molecule has 0 unspecified atom stereocenters. The van der Waals surface area contributed by atoms with Crippen LogP contribution in [0.3, 0.4) is 0 Å². The van der Waals surface area contributed by atoms with Crippen LogP contribution in [0.15, 0.2) is 58.5 Å². The normalized spacial score (nSPS) is 12.4. The van der Waals surface area contributed by atoms with Crippen molar-refractivity contribution in [1.82, 2.24) is 14.5 Å². The Labute approximate surface area is 175 Å². The van der Waals surface area contributed by atoms with Gasteiger partial charge in [-0.3, -0.25) is 14.2 Å². The molecule has 6 nitrogen and oxygen atoms in total. The van der Waals surface area contributed by atoms with Gasteiger partial charge < -0.3 is 9.72 Å². The third-order valence-corrected chi connectivity index (χ3v) is 5.76. The highest BCUT2D eigenvalue weighted by molar-refractivity contribution is 8.00. The van der Waals surface area contributed by atoms with Crippen LogP contribution in [-0.4, -0.2) is 32.4 Å². The molecule has 0 amide bonds. The molecule has 148 valence electrons. The van der Waals surface area contributed by atoms with Crippen molar-refractivity contribution < 1.29 is 9.53 Å². The number of esters is 1. The van der Waals surface area contributed by atoms with Gasteiger partial charge >= 0.3 is 5.97 Å². The molecular weight excluding hydrogens is 410 g/mol. The molecule has 1 N–H and O–H groups in total. The fraction of sp³-hybridized carbons (Fsp3) is 0.190. The van der Waals surface area contributed by atoms with E-state index in [1.807, 2.05) is 24.3 Å². The quantitative estimate of drug-likeness (QED) is 0.287. The van der Waals surface area contributed by atoms with E-state index in [0.717, 1.165) is 10.9 Å². The molecular formula is C21H18ClN3O3S. The summed E-state index contributed by atoms with van der Waals surface area (Å²) >= 11 is 7.20. The minimum absolute atomic E-state index is 0.243. The van der Waals surface area contributed by atoms with Crippen molar-refractivity contribution in [2.45, 2.75) is 24.3 Å². The second kappa shape index (κ2) is 7.93. The number of carbonyl (C=O) groups excluding carboxylic acids is 1. The number of nitrogens with zero attached hydrogens (tertiary/aromatic N) is 2. The minimum atomic E-state index is -0.525. The maximum Gasteiger partial charge on any atom is 0.319 e. The molecule has 4 rings (SSSR count). The Bertz CT molecular complexity index is 1260. The van der Waals surface area contributed by atoms with Crippen LogP contribution >= 0.6 is 23.4 Å². The smallest absolute Gasteiger partial charge is 0.319 e. The van der Waals surface area contributed by atoms with Crippen LogP contribution in [0.2, 0.25) is 5.02 Å². The Morgan fingerprint density at radius 1 is 1.24 bits per heavy atom. The van der Waals surface area contributed by atoms with Gasteiger partial charge in [-0.2, -0.15) is 0 Å². The standard InChI is InChI=1S/C21H18ClN3O3S/c1-3-28-20(27)12(2)29-21-24-17-15-6-4-5-7-16(15)23-18(17)19(26)25(21)14-10-8-13(22)9-11-14/h4-12,23H,3H2,1-2H3/t12-/m0/s1. The molecule has 0 radical (unpaired) electrons. The monoisotopic (exact) mass is 427 g/mol. The van der Waals surface area contributed by atoms with Crippen molar-refractivity contribution in [3.05, 3.63) is 63.9 Å². The van der Waals surface area contributed by atoms with E-state index in [0.29, 0.717) is 33.5 Å². The van der Waals surface area contributed by atoms with Crippen molar-refractivity contribution in [2.75, 3.05) is 6.61 Å². The van der Waals surface area contributed by atoms with Crippen molar-refractivity contribution in [2.24, 2.45) is 0 Å². The molecule has 0 spiro atoms. The minimum Gasteiger partial charge on any atom is -0.465 e. The third-order valence-electron chi connectivity index (χ3n) is 4.48. The number of para-hydroxylation sites is 1. The van der Waals surface area contributed by atoms with Crippen LogP contribution in [0.25, 0.3) is 27.6 Å². The number of nitrogens with one attached hydrogen (secondary N) is 1. The summed E-state index contributed by atoms with van der Waals surface area (Å²) in [6.45, 7) is 3.79. The van der Waals surface area contributed by atoms with E-state index < -0.39 is 5.25 Å². The van der Waals surface area contributed by atoms with Crippen LogP contribution in [0.5, 0.6) is 0 Å². The summed E-state index contributed by atoms with van der Waals surface area (Å²) in [5.74, 6) is -0.353. The van der Waals surface area contributed by atoms with Crippen LogP contribution < -0.4 is 5.56 Å². The summed E-state index contributed by atoms with van der Waals surface area (Å²) in [6.07, 6.45) is 0. The molecule has 0 saturated heterocycles. The molecule has 0 saturated carbocycles. The van der Waals surface area contributed by atoms with Crippen molar-refractivity contribution >= 4 is 51.3 Å². The van der Waals surface area contributed by atoms with Gasteiger partial charge in [-0.15, -0.1) is 0 Å². The first kappa shape index (κ1) is 19.5. The summed E-state index contributed by atoms with van der Waals surface area (Å²) in [5.41, 5.74) is 2.19. The molecule has 2 aromatic carbocycles. The SMILES string of the molecule is CCOC(=O)[C@H](C)Sc1nc2c([nH]c3ccccc32)c(=O)n1-c1ccc(Cl)cc1. The molecule has 0 fully saturated rings. The van der Waals surface area contributed by atoms with Gasteiger partial charge in [-0.1, -0.05) is 41.6 Å². The highest BCUT2D eigenvalue weighted by atomic mass is 35.5. The zero-order valence-electron chi connectivity index (χ0n) is 15.8. The Morgan fingerprint density at radius 2 is 1.97 bits per heavy atom. The van der Waals surface area contributed by atoms with Crippen molar-refractivity contribution in [1.29, 1.82) is 0 Å². The number of hydrogen-bond acceptors (Lipinski definition) is 5. The molecule has 2 aromatic heterocycles. The Balaban J connectivity index is 1.95. The number of ether oxygens (including phenoxy) is 1. The lowest BCUT2D eigenvalue weighted by Gasteiger charge is -2.15. The highest BCUT2D eigenvalue weighted by Gasteiger charge is 2.22. The number of benzene rings is 2. The Kier molecular flexibility index (Phi) is 5.34. The summed E-state index contributed by atoms with van der Waals surface area (Å²) in [5, 5.41) is 1.31. The highest BCUT2D eigenvalue weighted by Crippen LogP contribution is 2.29. The predicted octanol–water partition coefficient (Wildman–Crippen LogP) is 4.56. The molecule has 0 aliphatic rings. The third kappa shape index (κ3) is 3.63. The van der Waals surface area contributed by atoms with Crippen LogP contribution in [-0.2, 0) is 9.53 Å². The first-order valence-electron chi connectivity index (χ1n) is 9.12. The van der Waals surface area contributed by atoms with Gasteiger partial charge in [-0.25, -0.2) is 4.98 Å². The fourth-order valence-electron chi connectivity index (χ4n) is 3.11. The largest absolute Gasteiger partial charge is 0.465 e. The van der Waals surface area contributed by atoms with Crippen molar-refractivity contribution in [3.8, 4) is 5.69 Å². The number of rotatable bonds is 5. The number of halogens is 1. The van der Waals surface area contributed by atoms with Gasteiger partial charge in [0.25, 0.3) is 5.56 Å². The summed E-state index contributed by atoms with van der Waals surface area (Å²) < 4.78 is 6.61. The van der Waals surface area contributed by atoms with Crippen LogP contribution in [0.1, 0.15) is 13.8 Å². The molecule has 8 heteroatoms. The summed E-state index contributed by atoms with van der Waals surface area (Å²) in [4.78, 5) is 33.5. The van der Waals surface area contributed by atoms with E-state index in [2.05, 4.69) is 4.98 Å². The second-order valence-corrected chi connectivity index (χ2v) is 8.16. The van der Waals surface area contributed by atoms with E-state index >= 15 is 0 Å². The van der Waals surface area contributed by atoms with Gasteiger partial charge in [0.15, 0.2) is 5.16 Å². The molecule has 4 aromatic rings. The molecule has 29 heavy (non-hydrogen) atoms. The Hall–Kier alpha value is -2.77. The van der Waals surface area contributed by atoms with Crippen LogP contribution in [0, 0.1) is 0 Å². The number of aromatic nitrogens is 3. The van der Waals surface area contributed by atoms with Crippen molar-refractivity contribution in [3.63, 3.8) is 0 Å². The van der Waals surface area contributed by atoms with Crippen LogP contribution in [0.4, 0.5) is 0 Å². The average molecular weight is 428 g/mol. The number of H-pyrrole nitrogens is 1. The van der Waals surface area contributed by atoms with E-state index in [1.54, 1.807) is 38.1 Å². The number of carbonyl (C=O) groups is 1. The maximum absolute atomic E-state index is 13.4. The number of thioether (sulfide) groups is 1. The summed E-state index contributed by atoms with van der Waals surface area (Å²) in [6, 6.07) is 14.5. The topological polar surface area (TPSA) is 77.0 Å². The second-order valence-electron chi connectivity index (χ2n) is 6.42. The fourth-order valence-corrected chi connectivity index (χ4v) is 4.15. The number of hydrogen-bond donors (Lipinski definition) is 1. The van der Waals surface area contributed by atoms with E-state index in [1.165, 1.54) is 16.3 Å². The number of aromatic amines is 1. The zero-order valence-corrected chi connectivity index (χ0v) is 17.4. The molecule has 0 aliphatic carbocycles. The lowest BCUT2D eigenvalue weighted by atomic mass is 10.2. The van der Waals surface area contributed by atoms with Gasteiger partial charge in [0.05, 0.1) is 12.3 Å². The number of fused-ring (bicyclic) bond motifs is 3. The maximum atomic E-state index is 13.4. The molecule has 2 heterocycles. The van der Waals surface area contributed by atoms with E-state index in [4.69, 9.17) is 21.3 Å². The first-order valence-corrected chi connectivity index (χ1v) is 10.4. The van der Waals surface area contributed by atoms with Gasteiger partial charge in [0, 0.05) is 15.9 Å². The lowest BCUT2D eigenvalue weighted by molar-refractivity contribution is -0.142. The average Bonchev–Trinajstić information content (AvgIpc) is 3.08. The van der Waals surface area contributed by atoms with E-state index in [-0.39, 0.29) is 11.5 Å². The Morgan fingerprint density at radius 3 is 2.69 bits per heavy atom. The molecule has 0 aliphatic heterocycles. The van der Waals surface area contributed by atoms with E-state index in [9.17, 15) is 9.59 Å². The zero-order chi connectivity index (χ0) is 20.5. The first-order chi connectivity index (χ1) is 14.0.